The summed E-state index contributed by atoms with van der Waals surface area (Å²) in [6.45, 7) is 3.69. The summed E-state index contributed by atoms with van der Waals surface area (Å²) in [5.74, 6) is 0.634. The molecule has 0 fully saturated rings. The summed E-state index contributed by atoms with van der Waals surface area (Å²) in [7, 11) is 1.63. The first-order valence-corrected chi connectivity index (χ1v) is 10.2. The van der Waals surface area contributed by atoms with Gasteiger partial charge in [-0.1, -0.05) is 31.2 Å². The van der Waals surface area contributed by atoms with Crippen molar-refractivity contribution < 1.29 is 18.7 Å². The first kappa shape index (κ1) is 20.2. The quantitative estimate of drug-likeness (QED) is 0.525. The van der Waals surface area contributed by atoms with Crippen molar-refractivity contribution in [3.05, 3.63) is 75.6 Å². The zero-order valence-corrected chi connectivity index (χ0v) is 17.2. The number of ether oxygens (including phenoxy) is 2. The van der Waals surface area contributed by atoms with Crippen LogP contribution in [0.15, 0.2) is 57.7 Å². The molecule has 1 aromatic heterocycles. The minimum atomic E-state index is -0.495. The molecule has 156 valence electrons. The van der Waals surface area contributed by atoms with Crippen LogP contribution < -0.4 is 10.2 Å². The molecular weight excluding hydrogens is 382 g/mol. The molecule has 6 heteroatoms. The van der Waals surface area contributed by atoms with Gasteiger partial charge in [-0.2, -0.15) is 0 Å². The molecule has 6 nitrogen and oxygen atoms in total. The van der Waals surface area contributed by atoms with Crippen molar-refractivity contribution in [1.29, 1.82) is 0 Å². The van der Waals surface area contributed by atoms with E-state index in [0.29, 0.717) is 42.7 Å². The second kappa shape index (κ2) is 8.71. The van der Waals surface area contributed by atoms with Gasteiger partial charge in [0.15, 0.2) is 5.43 Å². The summed E-state index contributed by atoms with van der Waals surface area (Å²) < 4.78 is 16.7. The van der Waals surface area contributed by atoms with Crippen molar-refractivity contribution in [1.82, 2.24) is 4.90 Å². The van der Waals surface area contributed by atoms with Crippen molar-refractivity contribution in [2.24, 2.45) is 0 Å². The number of hydrogen-bond donors (Lipinski definition) is 0. The predicted octanol–water partition coefficient (Wildman–Crippen LogP) is 4.16. The monoisotopic (exact) mass is 407 g/mol. The lowest BCUT2D eigenvalue weighted by Gasteiger charge is -2.25. The van der Waals surface area contributed by atoms with Crippen molar-refractivity contribution in [2.75, 3.05) is 26.9 Å². The maximum atomic E-state index is 13.3. The average molecular weight is 407 g/mol. The minimum absolute atomic E-state index is 0.132. The summed E-state index contributed by atoms with van der Waals surface area (Å²) in [5.41, 5.74) is 1.52. The third-order valence-electron chi connectivity index (χ3n) is 5.29. The van der Waals surface area contributed by atoms with Crippen molar-refractivity contribution in [2.45, 2.75) is 25.8 Å². The Balaban J connectivity index is 1.80. The van der Waals surface area contributed by atoms with E-state index in [0.717, 1.165) is 17.7 Å². The highest BCUT2D eigenvalue weighted by Gasteiger charge is 2.42. The highest BCUT2D eigenvalue weighted by molar-refractivity contribution is 5.99. The molecule has 0 unspecified atom stereocenters. The minimum Gasteiger partial charge on any atom is -0.494 e. The van der Waals surface area contributed by atoms with Crippen LogP contribution >= 0.6 is 0 Å². The molecule has 30 heavy (non-hydrogen) atoms. The molecule has 0 bridgehead atoms. The molecule has 1 amide bonds. The summed E-state index contributed by atoms with van der Waals surface area (Å²) >= 11 is 0. The van der Waals surface area contributed by atoms with Gasteiger partial charge >= 0.3 is 0 Å². The summed E-state index contributed by atoms with van der Waals surface area (Å²) in [6, 6.07) is 14.1. The van der Waals surface area contributed by atoms with Crippen LogP contribution in [0, 0.1) is 0 Å². The zero-order valence-electron chi connectivity index (χ0n) is 17.2. The SMILES string of the molecule is CCCOc1ccc([C@H]2c3c(oc4ccccc4c3=O)C(=O)N2CCCOC)cc1. The Morgan fingerprint density at radius 1 is 1.03 bits per heavy atom. The van der Waals surface area contributed by atoms with Gasteiger partial charge in [-0.15, -0.1) is 0 Å². The maximum Gasteiger partial charge on any atom is 0.290 e. The van der Waals surface area contributed by atoms with Crippen LogP contribution in [0.5, 0.6) is 5.75 Å². The van der Waals surface area contributed by atoms with E-state index in [2.05, 4.69) is 6.92 Å². The van der Waals surface area contributed by atoms with Gasteiger partial charge in [-0.25, -0.2) is 0 Å². The van der Waals surface area contributed by atoms with Gasteiger partial charge < -0.3 is 18.8 Å². The molecule has 1 aliphatic rings. The normalized spacial score (nSPS) is 15.6. The number of methoxy groups -OCH3 is 1. The van der Waals surface area contributed by atoms with Gasteiger partial charge in [0.05, 0.1) is 23.6 Å². The Bertz CT molecular complexity index is 1100. The maximum absolute atomic E-state index is 13.3. The highest BCUT2D eigenvalue weighted by Crippen LogP contribution is 2.38. The van der Waals surface area contributed by atoms with E-state index < -0.39 is 6.04 Å². The van der Waals surface area contributed by atoms with Gasteiger partial charge in [0.25, 0.3) is 5.91 Å². The Morgan fingerprint density at radius 2 is 1.80 bits per heavy atom. The number of nitrogens with zero attached hydrogens (tertiary/aromatic N) is 1. The second-order valence-electron chi connectivity index (χ2n) is 7.34. The third-order valence-corrected chi connectivity index (χ3v) is 5.29. The predicted molar refractivity (Wildman–Crippen MR) is 114 cm³/mol. The molecule has 0 spiro atoms. The average Bonchev–Trinajstić information content (AvgIpc) is 3.05. The highest BCUT2D eigenvalue weighted by atomic mass is 16.5. The van der Waals surface area contributed by atoms with Crippen molar-refractivity contribution >= 4 is 16.9 Å². The number of amides is 1. The number of para-hydroxylation sites is 1. The van der Waals surface area contributed by atoms with Crippen LogP contribution in [0.2, 0.25) is 0 Å². The number of hydrogen-bond acceptors (Lipinski definition) is 5. The van der Waals surface area contributed by atoms with E-state index in [9.17, 15) is 9.59 Å². The molecule has 0 saturated carbocycles. The van der Waals surface area contributed by atoms with E-state index in [1.165, 1.54) is 0 Å². The molecule has 4 rings (SSSR count). The fourth-order valence-electron chi connectivity index (χ4n) is 3.89. The van der Waals surface area contributed by atoms with Gasteiger partial charge in [0.2, 0.25) is 5.76 Å². The molecule has 0 radical (unpaired) electrons. The van der Waals surface area contributed by atoms with Crippen LogP contribution in [0.1, 0.15) is 47.5 Å². The Morgan fingerprint density at radius 3 is 2.53 bits per heavy atom. The lowest BCUT2D eigenvalue weighted by Crippen LogP contribution is -2.31. The molecule has 1 aliphatic heterocycles. The molecule has 0 N–H and O–H groups in total. The molecule has 0 saturated heterocycles. The first-order chi connectivity index (χ1) is 14.7. The smallest absolute Gasteiger partial charge is 0.290 e. The lowest BCUT2D eigenvalue weighted by atomic mass is 9.98. The molecule has 2 heterocycles. The number of fused-ring (bicyclic) bond motifs is 2. The van der Waals surface area contributed by atoms with E-state index in [-0.39, 0.29) is 17.1 Å². The van der Waals surface area contributed by atoms with Gasteiger partial charge in [0.1, 0.15) is 11.3 Å². The summed E-state index contributed by atoms with van der Waals surface area (Å²) in [6.07, 6.45) is 1.59. The van der Waals surface area contributed by atoms with E-state index in [1.54, 1.807) is 36.3 Å². The van der Waals surface area contributed by atoms with Crippen molar-refractivity contribution in [3.8, 4) is 5.75 Å². The largest absolute Gasteiger partial charge is 0.494 e. The molecule has 3 aromatic rings. The van der Waals surface area contributed by atoms with Crippen LogP contribution in [0.4, 0.5) is 0 Å². The van der Waals surface area contributed by atoms with E-state index >= 15 is 0 Å². The second-order valence-corrected chi connectivity index (χ2v) is 7.34. The van der Waals surface area contributed by atoms with Crippen LogP contribution in [-0.2, 0) is 4.74 Å². The number of benzene rings is 2. The van der Waals surface area contributed by atoms with Crippen LogP contribution in [0.25, 0.3) is 11.0 Å². The van der Waals surface area contributed by atoms with Crippen LogP contribution in [-0.4, -0.2) is 37.7 Å². The molecule has 0 aliphatic carbocycles. The Hall–Kier alpha value is -3.12. The van der Waals surface area contributed by atoms with E-state index in [1.807, 2.05) is 24.3 Å². The standard InChI is InChI=1S/C24H25NO5/c1-3-14-29-17-11-9-16(10-12-17)21-20-22(26)18-7-4-5-8-19(18)30-23(20)24(27)25(21)13-6-15-28-2/h4-5,7-12,21H,3,6,13-15H2,1-2H3/t21-/m0/s1. The zero-order chi connectivity index (χ0) is 21.1. The molecule has 2 aromatic carbocycles. The Labute approximate surface area is 175 Å². The molecular formula is C24H25NO5. The fourth-order valence-corrected chi connectivity index (χ4v) is 3.89. The fraction of sp³-hybridized carbons (Fsp3) is 0.333. The van der Waals surface area contributed by atoms with Gasteiger partial charge in [0, 0.05) is 20.3 Å². The number of carbonyl (C=O) groups excluding carboxylic acids is 1. The molecule has 1 atom stereocenters. The first-order valence-electron chi connectivity index (χ1n) is 10.2. The summed E-state index contributed by atoms with van der Waals surface area (Å²) in [4.78, 5) is 28.3. The van der Waals surface area contributed by atoms with Gasteiger partial charge in [-0.05, 0) is 42.7 Å². The number of carbonyl (C=O) groups is 1. The summed E-state index contributed by atoms with van der Waals surface area (Å²) in [5, 5.41) is 0.482. The Kier molecular flexibility index (Phi) is 5.86. The van der Waals surface area contributed by atoms with Crippen molar-refractivity contribution in [3.63, 3.8) is 0 Å². The van der Waals surface area contributed by atoms with E-state index in [4.69, 9.17) is 13.9 Å². The van der Waals surface area contributed by atoms with Gasteiger partial charge in [-0.3, -0.25) is 9.59 Å². The van der Waals surface area contributed by atoms with Crippen LogP contribution in [0.3, 0.4) is 0 Å². The lowest BCUT2D eigenvalue weighted by molar-refractivity contribution is 0.0708. The number of rotatable bonds is 8. The topological polar surface area (TPSA) is 69.0 Å². The third kappa shape index (κ3) is 3.59.